The second-order valence-corrected chi connectivity index (χ2v) is 9.32. The molecule has 3 aliphatic heterocycles. The molecule has 30 heavy (non-hydrogen) atoms. The minimum Gasteiger partial charge on any atom is -0.444 e. The van der Waals surface area contributed by atoms with E-state index in [0.29, 0.717) is 6.04 Å². The second-order valence-electron chi connectivity index (χ2n) is 9.32. The Kier molecular flexibility index (Phi) is 8.19. The molecule has 3 fully saturated rings. The molecular weight excluding hydrogens is 384 g/mol. The molecule has 3 rings (SSSR count). The summed E-state index contributed by atoms with van der Waals surface area (Å²) in [4.78, 5) is 25.8. The molecule has 9 nitrogen and oxygen atoms in total. The first-order valence-electron chi connectivity index (χ1n) is 11.3. The number of guanidine groups is 1. The SMILES string of the molecule is CN=C(NCCN1CCN(C(=O)OC(C)(C)C)CC1)N1CCC(N2CCOCC2)C1. The second kappa shape index (κ2) is 10.6. The van der Waals surface area contributed by atoms with Gasteiger partial charge in [0, 0.05) is 78.5 Å². The number of rotatable bonds is 4. The van der Waals surface area contributed by atoms with Crippen LogP contribution in [0.4, 0.5) is 4.79 Å². The molecular formula is C21H40N6O3. The normalized spacial score (nSPS) is 24.9. The largest absolute Gasteiger partial charge is 0.444 e. The molecule has 0 aliphatic carbocycles. The molecule has 1 unspecified atom stereocenters. The molecule has 1 atom stereocenters. The van der Waals surface area contributed by atoms with Gasteiger partial charge in [-0.15, -0.1) is 0 Å². The Morgan fingerprint density at radius 2 is 1.77 bits per heavy atom. The Balaban J connectivity index is 1.34. The van der Waals surface area contributed by atoms with E-state index >= 15 is 0 Å². The highest BCUT2D eigenvalue weighted by molar-refractivity contribution is 5.80. The van der Waals surface area contributed by atoms with E-state index in [1.807, 2.05) is 32.7 Å². The zero-order valence-electron chi connectivity index (χ0n) is 19.2. The molecule has 9 heteroatoms. The molecule has 0 bridgehead atoms. The number of aliphatic imine (C=N–C) groups is 1. The summed E-state index contributed by atoms with van der Waals surface area (Å²) in [6.07, 6.45) is 0.984. The lowest BCUT2D eigenvalue weighted by Crippen LogP contribution is -2.52. The highest BCUT2D eigenvalue weighted by atomic mass is 16.6. The Labute approximate surface area is 181 Å². The van der Waals surface area contributed by atoms with Crippen LogP contribution in [0.25, 0.3) is 0 Å². The number of hydrogen-bond donors (Lipinski definition) is 1. The molecule has 172 valence electrons. The van der Waals surface area contributed by atoms with Crippen LogP contribution in [0.1, 0.15) is 27.2 Å². The maximum atomic E-state index is 12.2. The summed E-state index contributed by atoms with van der Waals surface area (Å²) in [5.74, 6) is 0.998. The third kappa shape index (κ3) is 6.72. The average Bonchev–Trinajstić information content (AvgIpc) is 3.21. The minimum absolute atomic E-state index is 0.204. The van der Waals surface area contributed by atoms with Gasteiger partial charge in [0.15, 0.2) is 5.96 Å². The first-order chi connectivity index (χ1) is 14.4. The molecule has 1 N–H and O–H groups in total. The van der Waals surface area contributed by atoms with E-state index in [-0.39, 0.29) is 6.09 Å². The summed E-state index contributed by atoms with van der Waals surface area (Å²) >= 11 is 0. The van der Waals surface area contributed by atoms with Crippen molar-refractivity contribution < 1.29 is 14.3 Å². The summed E-state index contributed by atoms with van der Waals surface area (Å²) < 4.78 is 11.0. The molecule has 0 saturated carbocycles. The smallest absolute Gasteiger partial charge is 0.410 e. The lowest BCUT2D eigenvalue weighted by atomic mass is 10.2. The Morgan fingerprint density at radius 3 is 2.40 bits per heavy atom. The van der Waals surface area contributed by atoms with Gasteiger partial charge in [-0.2, -0.15) is 0 Å². The van der Waals surface area contributed by atoms with Crippen LogP contribution in [0.3, 0.4) is 0 Å². The van der Waals surface area contributed by atoms with E-state index in [1.165, 1.54) is 6.42 Å². The fourth-order valence-electron chi connectivity index (χ4n) is 4.31. The zero-order chi connectivity index (χ0) is 21.6. The number of amides is 1. The van der Waals surface area contributed by atoms with Crippen LogP contribution in [0, 0.1) is 0 Å². The maximum Gasteiger partial charge on any atom is 0.410 e. The molecule has 3 saturated heterocycles. The van der Waals surface area contributed by atoms with Crippen molar-refractivity contribution in [1.82, 2.24) is 24.9 Å². The van der Waals surface area contributed by atoms with Crippen LogP contribution in [0.15, 0.2) is 4.99 Å². The van der Waals surface area contributed by atoms with Gasteiger partial charge in [0.2, 0.25) is 0 Å². The van der Waals surface area contributed by atoms with Crippen LogP contribution in [-0.4, -0.2) is 129 Å². The van der Waals surface area contributed by atoms with Crippen molar-refractivity contribution in [2.24, 2.45) is 4.99 Å². The third-order valence-corrected chi connectivity index (χ3v) is 5.97. The van der Waals surface area contributed by atoms with Crippen molar-refractivity contribution in [1.29, 1.82) is 0 Å². The average molecular weight is 425 g/mol. The number of likely N-dealkylation sites (tertiary alicyclic amines) is 1. The van der Waals surface area contributed by atoms with Gasteiger partial charge in [-0.05, 0) is 27.2 Å². The molecule has 1 amide bonds. The van der Waals surface area contributed by atoms with E-state index in [0.717, 1.165) is 84.6 Å². The van der Waals surface area contributed by atoms with Gasteiger partial charge < -0.3 is 24.6 Å². The maximum absolute atomic E-state index is 12.2. The summed E-state index contributed by atoms with van der Waals surface area (Å²) in [5, 5.41) is 3.53. The van der Waals surface area contributed by atoms with Crippen LogP contribution in [0.5, 0.6) is 0 Å². The van der Waals surface area contributed by atoms with Crippen molar-refractivity contribution in [3.05, 3.63) is 0 Å². The fourth-order valence-corrected chi connectivity index (χ4v) is 4.31. The number of carbonyl (C=O) groups is 1. The van der Waals surface area contributed by atoms with E-state index < -0.39 is 5.60 Å². The van der Waals surface area contributed by atoms with Gasteiger partial charge in [-0.1, -0.05) is 0 Å². The number of nitrogens with one attached hydrogen (secondary N) is 1. The molecule has 0 radical (unpaired) electrons. The van der Waals surface area contributed by atoms with Crippen molar-refractivity contribution in [3.8, 4) is 0 Å². The number of hydrogen-bond acceptors (Lipinski definition) is 6. The molecule has 3 aliphatic rings. The van der Waals surface area contributed by atoms with Crippen molar-refractivity contribution in [2.45, 2.75) is 38.8 Å². The number of ether oxygens (including phenoxy) is 2. The number of morpholine rings is 1. The molecule has 0 spiro atoms. The molecule has 0 aromatic carbocycles. The predicted molar refractivity (Wildman–Crippen MR) is 118 cm³/mol. The highest BCUT2D eigenvalue weighted by Crippen LogP contribution is 2.17. The lowest BCUT2D eigenvalue weighted by Gasteiger charge is -2.35. The third-order valence-electron chi connectivity index (χ3n) is 5.97. The summed E-state index contributed by atoms with van der Waals surface area (Å²) in [7, 11) is 1.87. The first-order valence-corrected chi connectivity index (χ1v) is 11.3. The van der Waals surface area contributed by atoms with Crippen molar-refractivity contribution in [3.63, 3.8) is 0 Å². The van der Waals surface area contributed by atoms with E-state index in [9.17, 15) is 4.79 Å². The fraction of sp³-hybridized carbons (Fsp3) is 0.905. The molecule has 3 heterocycles. The van der Waals surface area contributed by atoms with Gasteiger partial charge >= 0.3 is 6.09 Å². The Hall–Kier alpha value is -1.58. The quantitative estimate of drug-likeness (QED) is 0.521. The van der Waals surface area contributed by atoms with Crippen LogP contribution in [-0.2, 0) is 9.47 Å². The topological polar surface area (TPSA) is 72.9 Å². The monoisotopic (exact) mass is 424 g/mol. The summed E-state index contributed by atoms with van der Waals surface area (Å²) in [6, 6.07) is 0.605. The van der Waals surface area contributed by atoms with Crippen LogP contribution in [0.2, 0.25) is 0 Å². The lowest BCUT2D eigenvalue weighted by molar-refractivity contribution is 0.0147. The van der Waals surface area contributed by atoms with Crippen LogP contribution >= 0.6 is 0 Å². The van der Waals surface area contributed by atoms with Crippen molar-refractivity contribution in [2.75, 3.05) is 85.7 Å². The first kappa shape index (κ1) is 23.1. The van der Waals surface area contributed by atoms with E-state index in [1.54, 1.807) is 0 Å². The number of nitrogens with zero attached hydrogens (tertiary/aromatic N) is 5. The van der Waals surface area contributed by atoms with E-state index in [2.05, 4.69) is 25.0 Å². The summed E-state index contributed by atoms with van der Waals surface area (Å²) in [5.41, 5.74) is -0.440. The highest BCUT2D eigenvalue weighted by Gasteiger charge is 2.30. The summed E-state index contributed by atoms with van der Waals surface area (Å²) in [6.45, 7) is 16.6. The number of carbonyl (C=O) groups excluding carboxylic acids is 1. The predicted octanol–water partition coefficient (Wildman–Crippen LogP) is 0.521. The van der Waals surface area contributed by atoms with Gasteiger partial charge in [-0.3, -0.25) is 14.8 Å². The zero-order valence-corrected chi connectivity index (χ0v) is 19.2. The van der Waals surface area contributed by atoms with Crippen LogP contribution < -0.4 is 5.32 Å². The Morgan fingerprint density at radius 1 is 1.07 bits per heavy atom. The molecule has 0 aromatic heterocycles. The Bertz CT molecular complexity index is 580. The van der Waals surface area contributed by atoms with Crippen molar-refractivity contribution >= 4 is 12.1 Å². The van der Waals surface area contributed by atoms with Gasteiger partial charge in [0.05, 0.1) is 13.2 Å². The van der Waals surface area contributed by atoms with Gasteiger partial charge in [0.1, 0.15) is 5.60 Å². The minimum atomic E-state index is -0.440. The van der Waals surface area contributed by atoms with Gasteiger partial charge in [-0.25, -0.2) is 4.79 Å². The number of piperazine rings is 1. The van der Waals surface area contributed by atoms with Gasteiger partial charge in [0.25, 0.3) is 0 Å². The molecule has 0 aromatic rings. The standard InChI is InChI=1S/C21H40N6O3/c1-21(2,3)30-20(28)26-11-9-24(10-12-26)8-6-23-19(22-4)27-7-5-18(17-27)25-13-15-29-16-14-25/h18H,5-17H2,1-4H3,(H,22,23). The van der Waals surface area contributed by atoms with E-state index in [4.69, 9.17) is 9.47 Å².